The molecule has 0 saturated carbocycles. The van der Waals surface area contributed by atoms with Gasteiger partial charge in [-0.05, 0) is 44.3 Å². The smallest absolute Gasteiger partial charge is 0.243 e. The van der Waals surface area contributed by atoms with Crippen molar-refractivity contribution >= 4 is 17.2 Å². The number of hydrogen-bond donors (Lipinski definition) is 1. The average molecular weight is 348 g/mol. The molecule has 1 aliphatic rings. The van der Waals surface area contributed by atoms with Gasteiger partial charge in [0.05, 0.1) is 12.6 Å². The van der Waals surface area contributed by atoms with Crippen LogP contribution in [0.15, 0.2) is 22.0 Å². The largest absolute Gasteiger partial charge is 0.351 e. The average Bonchev–Trinajstić information content (AvgIpc) is 3.30. The molecule has 1 atom stereocenters. The van der Waals surface area contributed by atoms with Crippen molar-refractivity contribution in [3.05, 3.63) is 34.1 Å². The Hall–Kier alpha value is -1.73. The molecule has 1 fully saturated rings. The minimum Gasteiger partial charge on any atom is -0.351 e. The van der Waals surface area contributed by atoms with E-state index in [9.17, 15) is 4.79 Å². The molecule has 1 unspecified atom stereocenters. The highest BCUT2D eigenvalue weighted by molar-refractivity contribution is 7.09. The number of thiophene rings is 1. The van der Waals surface area contributed by atoms with Gasteiger partial charge in [-0.2, -0.15) is 4.98 Å². The number of piperidine rings is 1. The number of amides is 1. The summed E-state index contributed by atoms with van der Waals surface area (Å²) in [6.07, 6.45) is 2.52. The Kier molecular flexibility index (Phi) is 5.63. The van der Waals surface area contributed by atoms with E-state index in [-0.39, 0.29) is 17.9 Å². The molecule has 3 rings (SSSR count). The molecule has 0 radical (unpaired) electrons. The van der Waals surface area contributed by atoms with Gasteiger partial charge in [-0.15, -0.1) is 11.3 Å². The summed E-state index contributed by atoms with van der Waals surface area (Å²) < 4.78 is 5.34. The second kappa shape index (κ2) is 7.90. The highest BCUT2D eigenvalue weighted by Gasteiger charge is 2.29. The molecule has 0 aliphatic carbocycles. The summed E-state index contributed by atoms with van der Waals surface area (Å²) in [6, 6.07) is 4.16. The monoisotopic (exact) mass is 348 g/mol. The fourth-order valence-electron chi connectivity index (χ4n) is 3.02. The van der Waals surface area contributed by atoms with Gasteiger partial charge < -0.3 is 9.84 Å². The minimum absolute atomic E-state index is 0.0994. The molecular formula is C17H24N4O2S. The molecular weight excluding hydrogens is 324 g/mol. The van der Waals surface area contributed by atoms with Crippen molar-refractivity contribution in [3.63, 3.8) is 0 Å². The number of nitrogens with one attached hydrogen (secondary N) is 1. The number of carbonyl (C=O) groups excluding carboxylic acids is 1. The Morgan fingerprint density at radius 2 is 2.29 bits per heavy atom. The predicted molar refractivity (Wildman–Crippen MR) is 92.6 cm³/mol. The molecule has 0 bridgehead atoms. The predicted octanol–water partition coefficient (Wildman–Crippen LogP) is 2.78. The van der Waals surface area contributed by atoms with E-state index in [0.717, 1.165) is 38.2 Å². The van der Waals surface area contributed by atoms with Crippen LogP contribution in [0.3, 0.4) is 0 Å². The number of aromatic nitrogens is 2. The lowest BCUT2D eigenvalue weighted by atomic mass is 9.95. The van der Waals surface area contributed by atoms with Crippen molar-refractivity contribution in [2.45, 2.75) is 45.7 Å². The summed E-state index contributed by atoms with van der Waals surface area (Å²) in [7, 11) is 0. The van der Waals surface area contributed by atoms with Crippen LogP contribution in [0.2, 0.25) is 0 Å². The topological polar surface area (TPSA) is 71.3 Å². The highest BCUT2D eigenvalue weighted by atomic mass is 32.1. The summed E-state index contributed by atoms with van der Waals surface area (Å²) >= 11 is 1.67. The van der Waals surface area contributed by atoms with Crippen molar-refractivity contribution in [2.75, 3.05) is 13.1 Å². The molecule has 24 heavy (non-hydrogen) atoms. The van der Waals surface area contributed by atoms with Crippen LogP contribution in [0.1, 0.15) is 49.3 Å². The second-order valence-electron chi connectivity index (χ2n) is 6.19. The van der Waals surface area contributed by atoms with Crippen molar-refractivity contribution in [1.82, 2.24) is 20.4 Å². The molecule has 7 heteroatoms. The highest BCUT2D eigenvalue weighted by Crippen LogP contribution is 2.26. The van der Waals surface area contributed by atoms with Gasteiger partial charge >= 0.3 is 0 Å². The molecule has 0 aromatic carbocycles. The van der Waals surface area contributed by atoms with Crippen LogP contribution in [0.4, 0.5) is 0 Å². The molecule has 1 aliphatic heterocycles. The van der Waals surface area contributed by atoms with Gasteiger partial charge in [0, 0.05) is 17.2 Å². The minimum atomic E-state index is 0.0994. The number of carbonyl (C=O) groups is 1. The van der Waals surface area contributed by atoms with E-state index < -0.39 is 0 Å². The second-order valence-corrected chi connectivity index (χ2v) is 7.22. The van der Waals surface area contributed by atoms with E-state index in [1.165, 1.54) is 4.88 Å². The Bertz CT molecular complexity index is 647. The van der Waals surface area contributed by atoms with Crippen molar-refractivity contribution in [1.29, 1.82) is 0 Å². The molecule has 3 heterocycles. The van der Waals surface area contributed by atoms with Crippen LogP contribution in [0, 0.1) is 5.92 Å². The summed E-state index contributed by atoms with van der Waals surface area (Å²) in [5.74, 6) is 1.69. The number of rotatable bonds is 6. The molecule has 1 saturated heterocycles. The molecule has 2 aromatic rings. The maximum absolute atomic E-state index is 12.3. The molecule has 1 N–H and O–H groups in total. The zero-order valence-electron chi connectivity index (χ0n) is 14.2. The number of hydrogen-bond acceptors (Lipinski definition) is 6. The first-order chi connectivity index (χ1) is 11.7. The van der Waals surface area contributed by atoms with E-state index in [0.29, 0.717) is 12.4 Å². The standard InChI is InChI=1S/C17H24N4O2S/c1-3-15-19-17(23-20-15)12(2)21-8-6-13(7-9-21)16(22)18-11-14-5-4-10-24-14/h4-5,10,12-13H,3,6-9,11H2,1-2H3,(H,18,22). The lowest BCUT2D eigenvalue weighted by Gasteiger charge is -2.33. The normalized spacial score (nSPS) is 17.8. The van der Waals surface area contributed by atoms with Crippen LogP contribution < -0.4 is 5.32 Å². The van der Waals surface area contributed by atoms with E-state index >= 15 is 0 Å². The third kappa shape index (κ3) is 4.02. The van der Waals surface area contributed by atoms with Crippen molar-refractivity contribution in [2.24, 2.45) is 5.92 Å². The van der Waals surface area contributed by atoms with Gasteiger partial charge in [-0.1, -0.05) is 18.1 Å². The third-order valence-electron chi connectivity index (χ3n) is 4.62. The summed E-state index contributed by atoms with van der Waals surface area (Å²) in [5, 5.41) is 9.05. The Balaban J connectivity index is 1.47. The third-order valence-corrected chi connectivity index (χ3v) is 5.50. The van der Waals surface area contributed by atoms with Gasteiger partial charge in [0.25, 0.3) is 0 Å². The zero-order valence-corrected chi connectivity index (χ0v) is 15.0. The van der Waals surface area contributed by atoms with Gasteiger partial charge in [-0.25, -0.2) is 0 Å². The maximum atomic E-state index is 12.3. The SMILES string of the molecule is CCc1noc(C(C)N2CCC(C(=O)NCc3cccs3)CC2)n1. The van der Waals surface area contributed by atoms with Crippen LogP contribution in [0.25, 0.3) is 0 Å². The van der Waals surface area contributed by atoms with Gasteiger partial charge in [0.15, 0.2) is 5.82 Å². The van der Waals surface area contributed by atoms with E-state index in [2.05, 4.69) is 27.3 Å². The van der Waals surface area contributed by atoms with Gasteiger partial charge in [0.2, 0.25) is 11.8 Å². The van der Waals surface area contributed by atoms with Crippen LogP contribution >= 0.6 is 11.3 Å². The Morgan fingerprint density at radius 1 is 1.50 bits per heavy atom. The van der Waals surface area contributed by atoms with Crippen molar-refractivity contribution in [3.8, 4) is 0 Å². The quantitative estimate of drug-likeness (QED) is 0.869. The van der Waals surface area contributed by atoms with Gasteiger partial charge in [0.1, 0.15) is 0 Å². The summed E-state index contributed by atoms with van der Waals surface area (Å²) in [5.41, 5.74) is 0. The first-order valence-electron chi connectivity index (χ1n) is 8.54. The van der Waals surface area contributed by atoms with E-state index in [1.807, 2.05) is 24.4 Å². The molecule has 6 nitrogen and oxygen atoms in total. The lowest BCUT2D eigenvalue weighted by molar-refractivity contribution is -0.126. The first kappa shape index (κ1) is 17.1. The van der Waals surface area contributed by atoms with Crippen LogP contribution in [-0.2, 0) is 17.8 Å². The molecule has 2 aromatic heterocycles. The molecule has 130 valence electrons. The zero-order chi connectivity index (χ0) is 16.9. The lowest BCUT2D eigenvalue weighted by Crippen LogP contribution is -2.41. The van der Waals surface area contributed by atoms with Crippen LogP contribution in [-0.4, -0.2) is 34.0 Å². The molecule has 1 amide bonds. The first-order valence-corrected chi connectivity index (χ1v) is 9.42. The molecule has 0 spiro atoms. The van der Waals surface area contributed by atoms with E-state index in [4.69, 9.17) is 4.52 Å². The summed E-state index contributed by atoms with van der Waals surface area (Å²) in [4.78, 5) is 20.2. The van der Waals surface area contributed by atoms with Gasteiger partial charge in [-0.3, -0.25) is 9.69 Å². The fourth-order valence-corrected chi connectivity index (χ4v) is 3.66. The number of aryl methyl sites for hydroxylation is 1. The Morgan fingerprint density at radius 3 is 2.92 bits per heavy atom. The number of nitrogens with zero attached hydrogens (tertiary/aromatic N) is 3. The summed E-state index contributed by atoms with van der Waals surface area (Å²) in [6.45, 7) is 6.49. The fraction of sp³-hybridized carbons (Fsp3) is 0.588. The number of likely N-dealkylation sites (tertiary alicyclic amines) is 1. The van der Waals surface area contributed by atoms with Crippen LogP contribution in [0.5, 0.6) is 0 Å². The maximum Gasteiger partial charge on any atom is 0.243 e. The van der Waals surface area contributed by atoms with E-state index in [1.54, 1.807) is 11.3 Å². The van der Waals surface area contributed by atoms with Crippen molar-refractivity contribution < 1.29 is 9.32 Å². The Labute approximate surface area is 146 Å².